The Kier molecular flexibility index (Phi) is 4.85. The van der Waals surface area contributed by atoms with Gasteiger partial charge in [-0.2, -0.15) is 0 Å². The number of hydrogen-bond donors (Lipinski definition) is 2. The number of carbonyl (C=O) groups excluding carboxylic acids is 1. The van der Waals surface area contributed by atoms with E-state index in [1.54, 1.807) is 25.1 Å². The molecule has 2 rings (SSSR count). The molecule has 0 unspecified atom stereocenters. The summed E-state index contributed by atoms with van der Waals surface area (Å²) in [4.78, 5) is 12.1. The third kappa shape index (κ3) is 3.75. The van der Waals surface area contributed by atoms with Gasteiger partial charge in [0.05, 0.1) is 4.47 Å². The van der Waals surface area contributed by atoms with Gasteiger partial charge >= 0.3 is 0 Å². The topological polar surface area (TPSA) is 66.9 Å². The highest BCUT2D eigenvalue weighted by Crippen LogP contribution is 2.24. The molecule has 0 radical (unpaired) electrons. The maximum absolute atomic E-state index is 13.5. The van der Waals surface area contributed by atoms with Gasteiger partial charge in [-0.1, -0.05) is 0 Å². The first-order valence-electron chi connectivity index (χ1n) is 6.36. The van der Waals surface area contributed by atoms with E-state index in [1.165, 1.54) is 6.07 Å². The van der Waals surface area contributed by atoms with Crippen LogP contribution in [0.4, 0.5) is 15.9 Å². The van der Waals surface area contributed by atoms with E-state index in [4.69, 9.17) is 0 Å². The van der Waals surface area contributed by atoms with E-state index in [0.717, 1.165) is 12.1 Å². The molecule has 7 heteroatoms. The summed E-state index contributed by atoms with van der Waals surface area (Å²) in [6, 6.07) is 6.09. The Hall–Kier alpha value is -2.02. The molecule has 0 fully saturated rings. The van der Waals surface area contributed by atoms with E-state index in [9.17, 15) is 9.18 Å². The van der Waals surface area contributed by atoms with Gasteiger partial charge in [0.25, 0.3) is 5.91 Å². The predicted molar refractivity (Wildman–Crippen MR) is 83.0 cm³/mol. The van der Waals surface area contributed by atoms with Crippen LogP contribution in [0.3, 0.4) is 0 Å². The van der Waals surface area contributed by atoms with Crippen molar-refractivity contribution in [1.82, 2.24) is 10.2 Å². The minimum atomic E-state index is -0.440. The van der Waals surface area contributed by atoms with E-state index < -0.39 is 11.7 Å². The number of amides is 1. The summed E-state index contributed by atoms with van der Waals surface area (Å²) in [5.41, 5.74) is 1.31. The molecular formula is C14H14BrFN4O. The second-order valence-corrected chi connectivity index (χ2v) is 5.22. The average Bonchev–Trinajstić information content (AvgIpc) is 2.46. The van der Waals surface area contributed by atoms with Crippen LogP contribution in [0.2, 0.25) is 0 Å². The highest BCUT2D eigenvalue weighted by atomic mass is 79.9. The second-order valence-electron chi connectivity index (χ2n) is 4.37. The first kappa shape index (κ1) is 15.4. The summed E-state index contributed by atoms with van der Waals surface area (Å²) in [5, 5.41) is 13.3. The zero-order valence-electron chi connectivity index (χ0n) is 11.6. The molecule has 0 aliphatic carbocycles. The Bertz CT molecular complexity index is 661. The smallest absolute Gasteiger partial charge is 0.276 e. The summed E-state index contributed by atoms with van der Waals surface area (Å²) < 4.78 is 13.9. The van der Waals surface area contributed by atoms with Crippen molar-refractivity contribution in [2.24, 2.45) is 0 Å². The largest absolute Gasteiger partial charge is 0.369 e. The highest BCUT2D eigenvalue weighted by molar-refractivity contribution is 9.10. The Morgan fingerprint density at radius 1 is 1.33 bits per heavy atom. The molecule has 2 aromatic rings. The maximum atomic E-state index is 13.5. The summed E-state index contributed by atoms with van der Waals surface area (Å²) in [6.45, 7) is 4.44. The number of nitrogens with zero attached hydrogens (tertiary/aromatic N) is 2. The van der Waals surface area contributed by atoms with Gasteiger partial charge in [0, 0.05) is 12.2 Å². The van der Waals surface area contributed by atoms with Gasteiger partial charge in [-0.15, -0.1) is 10.2 Å². The quantitative estimate of drug-likeness (QED) is 0.885. The van der Waals surface area contributed by atoms with Crippen molar-refractivity contribution >= 4 is 33.3 Å². The van der Waals surface area contributed by atoms with E-state index in [0.29, 0.717) is 16.0 Å². The van der Waals surface area contributed by atoms with Crippen LogP contribution in [-0.2, 0) is 0 Å². The SMILES string of the molecule is CCNc1ccc(C(=O)Nc2cc(F)c(Br)cc2C)nn1. The lowest BCUT2D eigenvalue weighted by Crippen LogP contribution is -2.15. The average molecular weight is 353 g/mol. The molecule has 0 spiro atoms. The summed E-state index contributed by atoms with van der Waals surface area (Å²) >= 11 is 3.10. The minimum absolute atomic E-state index is 0.166. The molecule has 1 amide bonds. The van der Waals surface area contributed by atoms with Gasteiger partial charge in [0.1, 0.15) is 11.6 Å². The van der Waals surface area contributed by atoms with Crippen molar-refractivity contribution in [3.63, 3.8) is 0 Å². The van der Waals surface area contributed by atoms with Crippen LogP contribution in [0.5, 0.6) is 0 Å². The molecule has 21 heavy (non-hydrogen) atoms. The molecule has 0 aliphatic rings. The standard InChI is InChI=1S/C14H14BrFN4O/c1-3-17-13-5-4-11(19-20-13)14(21)18-12-7-10(16)9(15)6-8(12)2/h4-7H,3H2,1-2H3,(H,17,20)(H,18,21). The monoisotopic (exact) mass is 352 g/mol. The van der Waals surface area contributed by atoms with Crippen LogP contribution < -0.4 is 10.6 Å². The van der Waals surface area contributed by atoms with Crippen LogP contribution in [-0.4, -0.2) is 22.6 Å². The van der Waals surface area contributed by atoms with Gasteiger partial charge in [-0.05, 0) is 59.6 Å². The predicted octanol–water partition coefficient (Wildman–Crippen LogP) is 3.37. The fraction of sp³-hybridized carbons (Fsp3) is 0.214. The summed E-state index contributed by atoms with van der Waals surface area (Å²) in [6.07, 6.45) is 0. The number of halogens is 2. The fourth-order valence-electron chi connectivity index (χ4n) is 1.70. The molecule has 0 aliphatic heterocycles. The molecular weight excluding hydrogens is 339 g/mol. The van der Waals surface area contributed by atoms with E-state index in [1.807, 2.05) is 6.92 Å². The van der Waals surface area contributed by atoms with E-state index >= 15 is 0 Å². The number of rotatable bonds is 4. The molecule has 110 valence electrons. The molecule has 0 bridgehead atoms. The number of hydrogen-bond acceptors (Lipinski definition) is 4. The van der Waals surface area contributed by atoms with Crippen LogP contribution >= 0.6 is 15.9 Å². The number of anilines is 2. The minimum Gasteiger partial charge on any atom is -0.369 e. The Morgan fingerprint density at radius 3 is 2.71 bits per heavy atom. The highest BCUT2D eigenvalue weighted by Gasteiger charge is 2.12. The van der Waals surface area contributed by atoms with Crippen molar-refractivity contribution < 1.29 is 9.18 Å². The van der Waals surface area contributed by atoms with E-state index in [-0.39, 0.29) is 5.69 Å². The summed E-state index contributed by atoms with van der Waals surface area (Å²) in [7, 11) is 0. The first-order valence-corrected chi connectivity index (χ1v) is 7.15. The Morgan fingerprint density at radius 2 is 2.10 bits per heavy atom. The third-order valence-electron chi connectivity index (χ3n) is 2.77. The van der Waals surface area contributed by atoms with Crippen molar-refractivity contribution in [2.45, 2.75) is 13.8 Å². The van der Waals surface area contributed by atoms with E-state index in [2.05, 4.69) is 36.8 Å². The molecule has 1 aromatic carbocycles. The molecule has 0 atom stereocenters. The van der Waals surface area contributed by atoms with Gasteiger partial charge < -0.3 is 10.6 Å². The third-order valence-corrected chi connectivity index (χ3v) is 3.38. The number of aromatic nitrogens is 2. The van der Waals surface area contributed by atoms with Crippen molar-refractivity contribution in [1.29, 1.82) is 0 Å². The van der Waals surface area contributed by atoms with Crippen LogP contribution in [0.1, 0.15) is 23.0 Å². The first-order chi connectivity index (χ1) is 10.0. The van der Waals surface area contributed by atoms with Gasteiger partial charge in [0.15, 0.2) is 5.69 Å². The molecule has 5 nitrogen and oxygen atoms in total. The normalized spacial score (nSPS) is 10.3. The lowest BCUT2D eigenvalue weighted by Gasteiger charge is -2.09. The fourth-order valence-corrected chi connectivity index (χ4v) is 2.15. The van der Waals surface area contributed by atoms with Gasteiger partial charge in [0.2, 0.25) is 0 Å². The van der Waals surface area contributed by atoms with Crippen molar-refractivity contribution in [3.8, 4) is 0 Å². The number of nitrogens with one attached hydrogen (secondary N) is 2. The number of carbonyl (C=O) groups is 1. The van der Waals surface area contributed by atoms with Crippen molar-refractivity contribution in [2.75, 3.05) is 17.2 Å². The van der Waals surface area contributed by atoms with Crippen LogP contribution in [0, 0.1) is 12.7 Å². The van der Waals surface area contributed by atoms with Crippen LogP contribution in [0.15, 0.2) is 28.7 Å². The molecule has 1 aromatic heterocycles. The Balaban J connectivity index is 2.16. The summed E-state index contributed by atoms with van der Waals surface area (Å²) in [5.74, 6) is -0.278. The molecule has 0 saturated heterocycles. The lowest BCUT2D eigenvalue weighted by molar-refractivity contribution is 0.102. The Labute approximate surface area is 130 Å². The van der Waals surface area contributed by atoms with Gasteiger partial charge in [-0.25, -0.2) is 4.39 Å². The van der Waals surface area contributed by atoms with Crippen molar-refractivity contribution in [3.05, 3.63) is 45.8 Å². The molecule has 0 saturated carbocycles. The molecule has 1 heterocycles. The number of benzene rings is 1. The van der Waals surface area contributed by atoms with Crippen LogP contribution in [0.25, 0.3) is 0 Å². The lowest BCUT2D eigenvalue weighted by atomic mass is 10.2. The maximum Gasteiger partial charge on any atom is 0.276 e. The second kappa shape index (κ2) is 6.62. The zero-order chi connectivity index (χ0) is 15.4. The number of aryl methyl sites for hydroxylation is 1. The molecule has 2 N–H and O–H groups in total. The zero-order valence-corrected chi connectivity index (χ0v) is 13.2. The van der Waals surface area contributed by atoms with Gasteiger partial charge in [-0.3, -0.25) is 4.79 Å².